The van der Waals surface area contributed by atoms with Crippen LogP contribution in [0.3, 0.4) is 0 Å². The minimum atomic E-state index is -1.38. The van der Waals surface area contributed by atoms with Gasteiger partial charge >= 0.3 is 5.69 Å². The number of rotatable bonds is 3. The maximum absolute atomic E-state index is 13.8. The first-order valence-corrected chi connectivity index (χ1v) is 5.23. The van der Waals surface area contributed by atoms with Crippen molar-refractivity contribution in [1.82, 2.24) is 0 Å². The number of hydrogen-bond donors (Lipinski definition) is 0. The highest BCUT2D eigenvalue weighted by Crippen LogP contribution is 2.33. The van der Waals surface area contributed by atoms with Gasteiger partial charge in [0.25, 0.3) is 0 Å². The number of nitriles is 1. The summed E-state index contributed by atoms with van der Waals surface area (Å²) in [5.74, 6) is -2.43. The van der Waals surface area contributed by atoms with Crippen LogP contribution < -0.4 is 0 Å². The van der Waals surface area contributed by atoms with Gasteiger partial charge in [0.05, 0.1) is 21.6 Å². The molecule has 0 heterocycles. The van der Waals surface area contributed by atoms with Gasteiger partial charge in [0.15, 0.2) is 0 Å². The van der Waals surface area contributed by atoms with Gasteiger partial charge in [0.2, 0.25) is 5.82 Å². The van der Waals surface area contributed by atoms with E-state index in [2.05, 4.69) is 0 Å². The summed E-state index contributed by atoms with van der Waals surface area (Å²) in [5.41, 5.74) is -1.68. The van der Waals surface area contributed by atoms with Gasteiger partial charge in [-0.15, -0.1) is 0 Å². The normalized spacial score (nSPS) is 11.7. The van der Waals surface area contributed by atoms with E-state index in [0.717, 1.165) is 6.07 Å². The van der Waals surface area contributed by atoms with Crippen LogP contribution in [0.2, 0.25) is 0 Å². The summed E-state index contributed by atoms with van der Waals surface area (Å²) in [5, 5.41) is 18.8. The largest absolute Gasteiger partial charge is 0.305 e. The first-order chi connectivity index (χ1) is 8.43. The zero-order chi connectivity index (χ0) is 13.9. The number of benzene rings is 1. The van der Waals surface area contributed by atoms with Crippen molar-refractivity contribution in [2.45, 2.75) is 13.3 Å². The van der Waals surface area contributed by atoms with Crippen LogP contribution in [0.1, 0.15) is 18.9 Å². The molecule has 0 amide bonds. The zero-order valence-corrected chi connectivity index (χ0v) is 9.96. The zero-order valence-electron chi connectivity index (χ0n) is 9.21. The summed E-state index contributed by atoms with van der Waals surface area (Å²) in [7, 11) is 0. The molecule has 0 aliphatic heterocycles. The second-order valence-corrected chi connectivity index (χ2v) is 3.65. The monoisotopic (exact) mass is 272 g/mol. The van der Waals surface area contributed by atoms with Crippen LogP contribution in [-0.2, 0) is 0 Å². The lowest BCUT2D eigenvalue weighted by Gasteiger charge is -2.05. The van der Waals surface area contributed by atoms with Gasteiger partial charge in [0, 0.05) is 11.6 Å². The summed E-state index contributed by atoms with van der Waals surface area (Å²) in [4.78, 5) is 9.55. The average Bonchev–Trinajstić information content (AvgIpc) is 2.30. The Hall–Kier alpha value is -2.00. The first kappa shape index (κ1) is 14.1. The van der Waals surface area contributed by atoms with E-state index in [1.807, 2.05) is 0 Å². The Morgan fingerprint density at radius 1 is 1.56 bits per heavy atom. The molecule has 7 heteroatoms. The van der Waals surface area contributed by atoms with Crippen molar-refractivity contribution >= 4 is 22.3 Å². The van der Waals surface area contributed by atoms with E-state index in [9.17, 15) is 18.9 Å². The highest BCUT2D eigenvalue weighted by Gasteiger charge is 2.24. The van der Waals surface area contributed by atoms with E-state index in [1.165, 1.54) is 0 Å². The molecule has 0 atom stereocenters. The lowest BCUT2D eigenvalue weighted by Crippen LogP contribution is -2.00. The number of halogens is 3. The third-order valence-corrected chi connectivity index (χ3v) is 2.66. The lowest BCUT2D eigenvalue weighted by molar-refractivity contribution is -0.387. The summed E-state index contributed by atoms with van der Waals surface area (Å²) in [6.45, 7) is 1.58. The fourth-order valence-corrected chi connectivity index (χ4v) is 1.67. The molecule has 0 fully saturated rings. The predicted octanol–water partition coefficient (Wildman–Crippen LogP) is 3.76. The molecule has 1 rings (SSSR count). The molecule has 0 radical (unpaired) electrons. The molecule has 94 valence electrons. The average molecular weight is 273 g/mol. The number of allylic oxidation sites excluding steroid dienone is 1. The molecular weight excluding hydrogens is 266 g/mol. The Morgan fingerprint density at radius 2 is 2.17 bits per heavy atom. The van der Waals surface area contributed by atoms with E-state index in [0.29, 0.717) is 6.07 Å². The molecule has 0 spiro atoms. The number of hydrogen-bond acceptors (Lipinski definition) is 3. The molecule has 0 bridgehead atoms. The van der Waals surface area contributed by atoms with Crippen LogP contribution >= 0.6 is 11.6 Å². The molecule has 18 heavy (non-hydrogen) atoms. The van der Waals surface area contributed by atoms with Crippen LogP contribution in [0.5, 0.6) is 0 Å². The van der Waals surface area contributed by atoms with Crippen LogP contribution in [0.4, 0.5) is 14.5 Å². The summed E-state index contributed by atoms with van der Waals surface area (Å²) >= 11 is 5.71. The van der Waals surface area contributed by atoms with Crippen LogP contribution in [0.15, 0.2) is 17.7 Å². The molecule has 1 aromatic rings. The van der Waals surface area contributed by atoms with E-state index in [1.54, 1.807) is 13.0 Å². The van der Waals surface area contributed by atoms with Gasteiger partial charge in [-0.1, -0.05) is 18.5 Å². The Kier molecular flexibility index (Phi) is 4.34. The maximum atomic E-state index is 13.8. The molecule has 0 unspecified atom stereocenters. The quantitative estimate of drug-likeness (QED) is 0.478. The lowest BCUT2D eigenvalue weighted by atomic mass is 10.1. The van der Waals surface area contributed by atoms with Crippen LogP contribution in [0, 0.1) is 33.1 Å². The fraction of sp³-hybridized carbons (Fsp3) is 0.182. The second-order valence-electron chi connectivity index (χ2n) is 3.27. The Bertz CT molecular complexity index is 579. The summed E-state index contributed by atoms with van der Waals surface area (Å²) < 4.78 is 27.2. The first-order valence-electron chi connectivity index (χ1n) is 4.85. The van der Waals surface area contributed by atoms with E-state index >= 15 is 0 Å². The minimum Gasteiger partial charge on any atom is -0.258 e. The molecule has 0 aliphatic rings. The Morgan fingerprint density at radius 3 is 2.61 bits per heavy atom. The second kappa shape index (κ2) is 5.56. The third-order valence-electron chi connectivity index (χ3n) is 2.24. The van der Waals surface area contributed by atoms with Crippen molar-refractivity contribution in [3.8, 4) is 6.07 Å². The fourth-order valence-electron chi connectivity index (χ4n) is 1.32. The minimum absolute atomic E-state index is 0.0463. The SMILES string of the molecule is CCC(C#N)=C(Cl)c1c(F)ccc([N+](=O)[O-])c1F. The van der Waals surface area contributed by atoms with Gasteiger partial charge in [-0.3, -0.25) is 10.1 Å². The topological polar surface area (TPSA) is 66.9 Å². The van der Waals surface area contributed by atoms with E-state index in [4.69, 9.17) is 16.9 Å². The highest BCUT2D eigenvalue weighted by atomic mass is 35.5. The molecule has 0 saturated heterocycles. The number of nitrogens with zero attached hydrogens (tertiary/aromatic N) is 2. The number of nitro groups is 1. The standard InChI is InChI=1S/C11H7ClF2N2O2/c1-2-6(5-15)10(12)9-7(13)3-4-8(11(9)14)16(17)18/h3-4H,2H2,1H3. The van der Waals surface area contributed by atoms with Crippen LogP contribution in [0.25, 0.3) is 5.03 Å². The van der Waals surface area contributed by atoms with Gasteiger partial charge in [-0.25, -0.2) is 4.39 Å². The Balaban J connectivity index is 3.61. The smallest absolute Gasteiger partial charge is 0.258 e. The maximum Gasteiger partial charge on any atom is 0.305 e. The van der Waals surface area contributed by atoms with Gasteiger partial charge < -0.3 is 0 Å². The molecule has 0 aromatic heterocycles. The molecule has 1 aromatic carbocycles. The Labute approximate surface area is 106 Å². The van der Waals surface area contributed by atoms with Crippen molar-refractivity contribution < 1.29 is 13.7 Å². The van der Waals surface area contributed by atoms with Gasteiger partial charge in [0.1, 0.15) is 5.82 Å². The predicted molar refractivity (Wildman–Crippen MR) is 61.7 cm³/mol. The molecule has 0 N–H and O–H groups in total. The van der Waals surface area contributed by atoms with Gasteiger partial charge in [-0.05, 0) is 12.5 Å². The molecule has 4 nitrogen and oxygen atoms in total. The molecular formula is C11H7ClF2N2O2. The van der Waals surface area contributed by atoms with Gasteiger partial charge in [-0.2, -0.15) is 9.65 Å². The van der Waals surface area contributed by atoms with E-state index < -0.39 is 32.8 Å². The molecule has 0 saturated carbocycles. The van der Waals surface area contributed by atoms with Crippen molar-refractivity contribution in [2.24, 2.45) is 0 Å². The molecule has 0 aliphatic carbocycles. The van der Waals surface area contributed by atoms with Crippen molar-refractivity contribution in [2.75, 3.05) is 0 Å². The van der Waals surface area contributed by atoms with E-state index in [-0.39, 0.29) is 12.0 Å². The van der Waals surface area contributed by atoms with Crippen molar-refractivity contribution in [1.29, 1.82) is 5.26 Å². The summed E-state index contributed by atoms with van der Waals surface area (Å²) in [6, 6.07) is 3.14. The number of nitro benzene ring substituents is 1. The summed E-state index contributed by atoms with van der Waals surface area (Å²) in [6.07, 6.45) is 0.164. The highest BCUT2D eigenvalue weighted by molar-refractivity contribution is 6.49. The van der Waals surface area contributed by atoms with Crippen molar-refractivity contribution in [3.05, 3.63) is 45.0 Å². The van der Waals surface area contributed by atoms with Crippen molar-refractivity contribution in [3.63, 3.8) is 0 Å². The third kappa shape index (κ3) is 2.46. The van der Waals surface area contributed by atoms with Crippen LogP contribution in [-0.4, -0.2) is 4.92 Å².